The van der Waals surface area contributed by atoms with Gasteiger partial charge in [-0.15, -0.1) is 11.3 Å². The topological polar surface area (TPSA) is 64.9 Å². The molecule has 0 atom stereocenters. The van der Waals surface area contributed by atoms with Crippen molar-refractivity contribution in [1.82, 2.24) is 10.6 Å². The highest BCUT2D eigenvalue weighted by molar-refractivity contribution is 7.10. The molecule has 17 heavy (non-hydrogen) atoms. The largest absolute Gasteiger partial charge is 0.354 e. The molecule has 1 aromatic rings. The summed E-state index contributed by atoms with van der Waals surface area (Å²) in [4.78, 5) is 12.4. The average molecular weight is 251 g/mol. The van der Waals surface area contributed by atoms with Gasteiger partial charge in [-0.05, 0) is 19.9 Å². The Morgan fingerprint density at radius 2 is 2.35 bits per heavy atom. The van der Waals surface area contributed by atoms with E-state index >= 15 is 0 Å². The van der Waals surface area contributed by atoms with Gasteiger partial charge in [0.25, 0.3) is 0 Å². The smallest absolute Gasteiger partial charge is 0.221 e. The van der Waals surface area contributed by atoms with Crippen LogP contribution in [0.15, 0.2) is 11.4 Å². The predicted molar refractivity (Wildman–Crippen MR) is 68.6 cm³/mol. The minimum Gasteiger partial charge on any atom is -0.354 e. The molecule has 2 N–H and O–H groups in total. The first-order valence-corrected chi connectivity index (χ1v) is 6.47. The van der Waals surface area contributed by atoms with Crippen LogP contribution in [-0.4, -0.2) is 18.5 Å². The maximum absolute atomic E-state index is 11.3. The number of carbonyl (C=O) groups is 1. The van der Waals surface area contributed by atoms with Gasteiger partial charge in [0.05, 0.1) is 5.56 Å². The van der Waals surface area contributed by atoms with E-state index in [0.29, 0.717) is 25.1 Å². The van der Waals surface area contributed by atoms with E-state index in [2.05, 4.69) is 16.7 Å². The summed E-state index contributed by atoms with van der Waals surface area (Å²) in [6, 6.07) is 4.16. The summed E-state index contributed by atoms with van der Waals surface area (Å²) >= 11 is 1.56. The first-order chi connectivity index (χ1) is 8.11. The molecule has 0 unspecified atom stereocenters. The van der Waals surface area contributed by atoms with Gasteiger partial charge in [0, 0.05) is 35.8 Å². The highest BCUT2D eigenvalue weighted by Crippen LogP contribution is 2.13. The molecule has 0 saturated carbocycles. The Morgan fingerprint density at radius 1 is 1.59 bits per heavy atom. The highest BCUT2D eigenvalue weighted by atomic mass is 32.1. The number of carbonyl (C=O) groups excluding carboxylic acids is 1. The molecule has 1 rings (SSSR count). The second-order valence-corrected chi connectivity index (χ2v) is 5.06. The van der Waals surface area contributed by atoms with Gasteiger partial charge in [-0.25, -0.2) is 0 Å². The maximum atomic E-state index is 11.3. The fourth-order valence-electron chi connectivity index (χ4n) is 1.34. The lowest BCUT2D eigenvalue weighted by atomic mass is 10.3. The molecule has 0 radical (unpaired) electrons. The Bertz CT molecular complexity index is 406. The van der Waals surface area contributed by atoms with Gasteiger partial charge in [0.15, 0.2) is 0 Å². The minimum atomic E-state index is 0.0661. The van der Waals surface area contributed by atoms with E-state index in [9.17, 15) is 4.79 Å². The molecular weight excluding hydrogens is 234 g/mol. The molecule has 0 saturated heterocycles. The Hall–Kier alpha value is -1.38. The first kappa shape index (κ1) is 13.7. The van der Waals surface area contributed by atoms with Crippen LogP contribution in [-0.2, 0) is 11.3 Å². The zero-order chi connectivity index (χ0) is 12.7. The van der Waals surface area contributed by atoms with Crippen LogP contribution in [0.25, 0.3) is 0 Å². The first-order valence-electron chi connectivity index (χ1n) is 5.59. The molecule has 0 aliphatic rings. The van der Waals surface area contributed by atoms with Crippen LogP contribution >= 0.6 is 11.3 Å². The second-order valence-electron chi connectivity index (χ2n) is 4.06. The van der Waals surface area contributed by atoms with Crippen LogP contribution in [0, 0.1) is 11.3 Å². The molecule has 4 nitrogen and oxygen atoms in total. The van der Waals surface area contributed by atoms with Crippen molar-refractivity contribution in [3.8, 4) is 6.07 Å². The Morgan fingerprint density at radius 3 is 2.94 bits per heavy atom. The zero-order valence-electron chi connectivity index (χ0n) is 10.1. The van der Waals surface area contributed by atoms with Crippen LogP contribution in [0.1, 0.15) is 30.7 Å². The number of thiophene rings is 1. The van der Waals surface area contributed by atoms with Gasteiger partial charge < -0.3 is 10.6 Å². The number of nitrogens with one attached hydrogen (secondary N) is 2. The third-order valence-electron chi connectivity index (χ3n) is 2.06. The van der Waals surface area contributed by atoms with Crippen LogP contribution < -0.4 is 10.6 Å². The van der Waals surface area contributed by atoms with Crippen molar-refractivity contribution < 1.29 is 4.79 Å². The van der Waals surface area contributed by atoms with Gasteiger partial charge in [0.1, 0.15) is 6.07 Å². The van der Waals surface area contributed by atoms with E-state index < -0.39 is 0 Å². The Labute approximate surface area is 106 Å². The van der Waals surface area contributed by atoms with E-state index in [1.165, 1.54) is 0 Å². The third-order valence-corrected chi connectivity index (χ3v) is 3.00. The number of hydrogen-bond donors (Lipinski definition) is 2. The highest BCUT2D eigenvalue weighted by Gasteiger charge is 2.03. The van der Waals surface area contributed by atoms with Crippen LogP contribution in [0.5, 0.6) is 0 Å². The number of amides is 1. The summed E-state index contributed by atoms with van der Waals surface area (Å²) in [5, 5.41) is 16.5. The maximum Gasteiger partial charge on any atom is 0.221 e. The summed E-state index contributed by atoms with van der Waals surface area (Å²) in [5.74, 6) is 0.0661. The fraction of sp³-hybridized carbons (Fsp3) is 0.500. The fourth-order valence-corrected chi connectivity index (χ4v) is 2.12. The monoisotopic (exact) mass is 251 g/mol. The van der Waals surface area contributed by atoms with E-state index in [0.717, 1.165) is 4.88 Å². The molecule has 0 spiro atoms. The zero-order valence-corrected chi connectivity index (χ0v) is 10.9. The molecule has 0 fully saturated rings. The number of hydrogen-bond acceptors (Lipinski definition) is 4. The summed E-state index contributed by atoms with van der Waals surface area (Å²) in [6.45, 7) is 5.25. The van der Waals surface area contributed by atoms with E-state index in [-0.39, 0.29) is 11.9 Å². The molecule has 1 heterocycles. The van der Waals surface area contributed by atoms with Crippen molar-refractivity contribution in [3.63, 3.8) is 0 Å². The number of rotatable bonds is 6. The molecule has 0 aromatic carbocycles. The van der Waals surface area contributed by atoms with E-state index in [1.54, 1.807) is 11.3 Å². The summed E-state index contributed by atoms with van der Waals surface area (Å²) in [7, 11) is 0. The van der Waals surface area contributed by atoms with Crippen molar-refractivity contribution in [1.29, 1.82) is 5.26 Å². The number of nitriles is 1. The molecule has 92 valence electrons. The van der Waals surface area contributed by atoms with Crippen molar-refractivity contribution >= 4 is 17.2 Å². The minimum absolute atomic E-state index is 0.0661. The van der Waals surface area contributed by atoms with Crippen molar-refractivity contribution in [2.75, 3.05) is 6.54 Å². The molecule has 0 bridgehead atoms. The molecule has 1 aromatic heterocycles. The van der Waals surface area contributed by atoms with Gasteiger partial charge in [0.2, 0.25) is 5.91 Å². The predicted octanol–water partition coefficient (Wildman–Crippen LogP) is 1.62. The van der Waals surface area contributed by atoms with Crippen molar-refractivity contribution in [2.24, 2.45) is 0 Å². The second kappa shape index (κ2) is 7.05. The van der Waals surface area contributed by atoms with Crippen molar-refractivity contribution in [2.45, 2.75) is 32.9 Å². The lowest BCUT2D eigenvalue weighted by Gasteiger charge is -2.08. The van der Waals surface area contributed by atoms with E-state index in [4.69, 9.17) is 5.26 Å². The lowest BCUT2D eigenvalue weighted by Crippen LogP contribution is -2.32. The lowest BCUT2D eigenvalue weighted by molar-refractivity contribution is -0.121. The average Bonchev–Trinajstić information content (AvgIpc) is 2.71. The standard InChI is InChI=1S/C12H17N3OS/c1-9(2)15-12(16)3-4-14-7-11-5-10(6-13)8-17-11/h5,8-9,14H,3-4,7H2,1-2H3,(H,15,16). The summed E-state index contributed by atoms with van der Waals surface area (Å²) < 4.78 is 0. The molecular formula is C12H17N3OS. The van der Waals surface area contributed by atoms with Crippen molar-refractivity contribution in [3.05, 3.63) is 21.9 Å². The van der Waals surface area contributed by atoms with Gasteiger partial charge in [-0.2, -0.15) is 5.26 Å². The summed E-state index contributed by atoms with van der Waals surface area (Å²) in [6.07, 6.45) is 0.481. The normalized spacial score (nSPS) is 10.2. The molecule has 1 amide bonds. The van der Waals surface area contributed by atoms with Gasteiger partial charge >= 0.3 is 0 Å². The molecule has 0 aliphatic carbocycles. The Balaban J connectivity index is 2.16. The van der Waals surface area contributed by atoms with Gasteiger partial charge in [-0.3, -0.25) is 4.79 Å². The van der Waals surface area contributed by atoms with Crippen LogP contribution in [0.2, 0.25) is 0 Å². The SMILES string of the molecule is CC(C)NC(=O)CCNCc1cc(C#N)cs1. The quantitative estimate of drug-likeness (QED) is 0.755. The Kier molecular flexibility index (Phi) is 5.67. The van der Waals surface area contributed by atoms with Crippen LogP contribution in [0.3, 0.4) is 0 Å². The van der Waals surface area contributed by atoms with E-state index in [1.807, 2.05) is 25.3 Å². The molecule has 0 aliphatic heterocycles. The van der Waals surface area contributed by atoms with Crippen LogP contribution in [0.4, 0.5) is 0 Å². The van der Waals surface area contributed by atoms with Gasteiger partial charge in [-0.1, -0.05) is 0 Å². The number of nitrogens with zero attached hydrogens (tertiary/aromatic N) is 1. The third kappa shape index (κ3) is 5.48. The molecule has 5 heteroatoms. The summed E-state index contributed by atoms with van der Waals surface area (Å²) in [5.41, 5.74) is 0.698.